The van der Waals surface area contributed by atoms with Gasteiger partial charge in [0.25, 0.3) is 0 Å². The van der Waals surface area contributed by atoms with Crippen LogP contribution in [0.1, 0.15) is 148 Å². The Morgan fingerprint density at radius 2 is 0.496 bits per heavy atom. The molecule has 5 aromatic heterocycles. The summed E-state index contributed by atoms with van der Waals surface area (Å²) in [6.45, 7) is 25.2. The third-order valence-corrected chi connectivity index (χ3v) is 29.1. The molecular formula is C118H130F6N10O5. The predicted octanol–water partition coefficient (Wildman–Crippen LogP) is 23.8. The molecule has 139 heavy (non-hydrogen) atoms. The molecule has 0 radical (unpaired) electrons. The molecule has 0 atom stereocenters. The van der Waals surface area contributed by atoms with Crippen LogP contribution in [0, 0.1) is 69.5 Å². The molecule has 10 aromatic carbocycles. The first kappa shape index (κ1) is 100. The van der Waals surface area contributed by atoms with Crippen LogP contribution in [0.3, 0.4) is 0 Å². The Bertz CT molecular complexity index is 6510. The van der Waals surface area contributed by atoms with Gasteiger partial charge in [-0.25, -0.2) is 26.3 Å². The van der Waals surface area contributed by atoms with E-state index in [1.807, 2.05) is 85.3 Å². The zero-order chi connectivity index (χ0) is 96.9. The molecule has 5 saturated heterocycles. The molecule has 5 aliphatic heterocycles. The summed E-state index contributed by atoms with van der Waals surface area (Å²) in [7, 11) is 6.43. The highest BCUT2D eigenvalue weighted by Crippen LogP contribution is 2.43. The van der Waals surface area contributed by atoms with E-state index in [2.05, 4.69) is 215 Å². The van der Waals surface area contributed by atoms with Crippen molar-refractivity contribution in [3.63, 3.8) is 0 Å². The van der Waals surface area contributed by atoms with Gasteiger partial charge in [0.1, 0.15) is 34.9 Å². The summed E-state index contributed by atoms with van der Waals surface area (Å²) >= 11 is 0. The normalized spacial score (nSPS) is 16.8. The van der Waals surface area contributed by atoms with Crippen LogP contribution in [0.2, 0.25) is 0 Å². The van der Waals surface area contributed by atoms with Gasteiger partial charge in [-0.05, 0) is 310 Å². The van der Waals surface area contributed by atoms with Crippen LogP contribution in [0.25, 0.3) is 54.5 Å². The lowest BCUT2D eigenvalue weighted by Crippen LogP contribution is -2.44. The van der Waals surface area contributed by atoms with Gasteiger partial charge in [-0.1, -0.05) is 155 Å². The zero-order valence-corrected chi connectivity index (χ0v) is 81.5. The van der Waals surface area contributed by atoms with E-state index in [0.717, 1.165) is 236 Å². The second-order valence-corrected chi connectivity index (χ2v) is 39.4. The number of halogens is 6. The van der Waals surface area contributed by atoms with Gasteiger partial charge in [0, 0.05) is 125 Å². The molecule has 0 aliphatic carbocycles. The molecule has 0 saturated carbocycles. The molecule has 724 valence electrons. The highest BCUT2D eigenvalue weighted by Gasteiger charge is 2.42. The summed E-state index contributed by atoms with van der Waals surface area (Å²) in [6, 6.07) is 74.2. The summed E-state index contributed by atoms with van der Waals surface area (Å²) in [5.74, 6) is -2.46. The average molecular weight is 1880 g/mol. The Hall–Kier alpha value is -11.6. The minimum Gasteiger partial charge on any atom is -0.376 e. The standard InChI is InChI=1S/C24H26F2N2O.C24H27FN2O.C24H28N2O.C23H24F2N2O.C23H25FN2O/c1-17-12-18-4-3-9-27-23(18)19(13-17)15-29-16-24(7-10-28(2)11-8-24)21-6-5-20(25)14-22(21)26;1-18-14-19-4-3-11-26-23(19)20(15-18)16-28-17-24(9-12-27(2)13-10-24)21-5-7-22(25)8-6-21;1-19-15-20-7-6-12-25-23(20)21(16-19)17-27-18-24(10-13-26(2)14-11-24)22-8-4-3-5-9-22;1-16-11-17-3-2-8-27-22(17)18(12-16)14-28-15-23(6-9-26-10-7-23)20-5-4-19(24)13-21(20)25;1-17-13-18-3-2-10-26-22(18)19(14-17)15-27-16-23(8-11-25-12-9-23)20-4-6-21(24)7-5-20/h3-6,9,12-14H,7-8,10-11,15-16H2,1-2H3;3-8,11,14-15H,9-10,12-13,16-17H2,1-2H3;3-9,12,15-16H,10-11,13-14,17-18H2,1-2H3;2-5,8,11-13,26H,6-7,9-10,14-15H2,1H3;2-7,10,13-14,25H,8-9,11-12,15-16H2,1H3. The van der Waals surface area contributed by atoms with Gasteiger partial charge in [0.05, 0.1) is 93.7 Å². The Balaban J connectivity index is 0.000000125. The Morgan fingerprint density at radius 1 is 0.259 bits per heavy atom. The number of hydrogen-bond donors (Lipinski definition) is 2. The summed E-state index contributed by atoms with van der Waals surface area (Å²) in [5, 5.41) is 12.4. The molecule has 5 fully saturated rings. The molecule has 5 aliphatic rings. The van der Waals surface area contributed by atoms with E-state index in [9.17, 15) is 26.3 Å². The molecule has 0 bridgehead atoms. The van der Waals surface area contributed by atoms with Crippen LogP contribution >= 0.6 is 0 Å². The fraction of sp³-hybridized carbons (Fsp3) is 0.364. The molecule has 15 nitrogen and oxygen atoms in total. The molecule has 21 heteroatoms. The fourth-order valence-corrected chi connectivity index (χ4v) is 21.2. The number of pyridine rings is 5. The molecule has 10 heterocycles. The topological polar surface area (TPSA) is 144 Å². The fourth-order valence-electron chi connectivity index (χ4n) is 21.2. The Kier molecular flexibility index (Phi) is 33.7. The van der Waals surface area contributed by atoms with Crippen molar-refractivity contribution in [1.82, 2.24) is 50.3 Å². The first-order valence-electron chi connectivity index (χ1n) is 49.0. The van der Waals surface area contributed by atoms with Gasteiger partial charge in [-0.15, -0.1) is 0 Å². The van der Waals surface area contributed by atoms with Gasteiger partial charge in [-0.3, -0.25) is 24.9 Å². The van der Waals surface area contributed by atoms with Crippen LogP contribution in [-0.4, -0.2) is 159 Å². The molecule has 0 amide bonds. The number of benzene rings is 10. The number of nitrogens with one attached hydrogen (secondary N) is 2. The van der Waals surface area contributed by atoms with Crippen molar-refractivity contribution in [2.24, 2.45) is 0 Å². The monoisotopic (exact) mass is 1880 g/mol. The van der Waals surface area contributed by atoms with Crippen molar-refractivity contribution < 1.29 is 50.0 Å². The first-order chi connectivity index (χ1) is 67.4. The van der Waals surface area contributed by atoms with E-state index < -0.39 is 34.1 Å². The summed E-state index contributed by atoms with van der Waals surface area (Å²) in [6.07, 6.45) is 18.4. The number of ether oxygens (including phenoxy) is 5. The van der Waals surface area contributed by atoms with Crippen molar-refractivity contribution >= 4 is 54.5 Å². The molecular weight excluding hydrogens is 1750 g/mol. The van der Waals surface area contributed by atoms with Crippen molar-refractivity contribution in [2.45, 2.75) is 159 Å². The molecule has 20 rings (SSSR count). The number of rotatable bonds is 25. The van der Waals surface area contributed by atoms with Gasteiger partial charge in [0.2, 0.25) is 0 Å². The molecule has 0 unspecified atom stereocenters. The van der Waals surface area contributed by atoms with E-state index in [1.54, 1.807) is 48.8 Å². The average Bonchev–Trinajstić information content (AvgIpc) is 0.776. The summed E-state index contributed by atoms with van der Waals surface area (Å²) in [4.78, 5) is 29.7. The maximum atomic E-state index is 14.7. The van der Waals surface area contributed by atoms with Crippen LogP contribution in [0.15, 0.2) is 268 Å². The largest absolute Gasteiger partial charge is 0.376 e. The van der Waals surface area contributed by atoms with E-state index >= 15 is 0 Å². The third-order valence-electron chi connectivity index (χ3n) is 29.1. The van der Waals surface area contributed by atoms with Crippen LogP contribution in [0.4, 0.5) is 26.3 Å². The summed E-state index contributed by atoms with van der Waals surface area (Å²) < 4.78 is 114. The van der Waals surface area contributed by atoms with Gasteiger partial charge in [0.15, 0.2) is 0 Å². The van der Waals surface area contributed by atoms with Crippen molar-refractivity contribution in [3.8, 4) is 0 Å². The molecule has 2 N–H and O–H groups in total. The number of likely N-dealkylation sites (tertiary alicyclic amines) is 3. The van der Waals surface area contributed by atoms with Gasteiger partial charge in [-0.2, -0.15) is 0 Å². The van der Waals surface area contributed by atoms with Crippen molar-refractivity contribution in [2.75, 3.05) is 120 Å². The smallest absolute Gasteiger partial charge is 0.129 e. The second kappa shape index (κ2) is 46.7. The second-order valence-electron chi connectivity index (χ2n) is 39.4. The van der Waals surface area contributed by atoms with E-state index in [1.165, 1.54) is 50.9 Å². The maximum Gasteiger partial charge on any atom is 0.129 e. The van der Waals surface area contributed by atoms with Crippen molar-refractivity contribution in [1.29, 1.82) is 0 Å². The number of fused-ring (bicyclic) bond motifs is 5. The molecule has 0 spiro atoms. The van der Waals surface area contributed by atoms with Crippen LogP contribution < -0.4 is 10.6 Å². The number of piperidine rings is 5. The number of nitrogens with zero attached hydrogens (tertiary/aromatic N) is 8. The Morgan fingerprint density at radius 3 is 0.777 bits per heavy atom. The lowest BCUT2D eigenvalue weighted by Gasteiger charge is -2.41. The SMILES string of the molecule is Cc1cc(COCC2(c3ccc(F)cc3)CCN(C)CC2)c2ncccc2c1.Cc1cc(COCC2(c3ccc(F)cc3)CCNCC2)c2ncccc2c1.Cc1cc(COCC2(c3ccc(F)cc3F)CCN(C)CC2)c2ncccc2c1.Cc1cc(COCC2(c3ccc(F)cc3F)CCNCC2)c2ncccc2c1.Cc1cc(COCC2(c3ccccc3)CCN(C)CC2)c2ncccc2c1. The lowest BCUT2D eigenvalue weighted by atomic mass is 9.73. The lowest BCUT2D eigenvalue weighted by molar-refractivity contribution is 0.0395. The van der Waals surface area contributed by atoms with Crippen molar-refractivity contribution in [3.05, 3.63) is 386 Å². The highest BCUT2D eigenvalue weighted by atomic mass is 19.2. The highest BCUT2D eigenvalue weighted by molar-refractivity contribution is 5.86. The van der Waals surface area contributed by atoms with Crippen LogP contribution in [0.5, 0.6) is 0 Å². The predicted molar refractivity (Wildman–Crippen MR) is 545 cm³/mol. The quantitative estimate of drug-likeness (QED) is 0.0523. The number of aryl methyl sites for hydroxylation is 5. The maximum absolute atomic E-state index is 14.7. The van der Waals surface area contributed by atoms with Crippen LogP contribution in [-0.2, 0) is 83.8 Å². The summed E-state index contributed by atoms with van der Waals surface area (Å²) in [5.41, 5.74) is 20.3. The third kappa shape index (κ3) is 25.3. The van der Waals surface area contributed by atoms with Gasteiger partial charge >= 0.3 is 0 Å². The number of hydrogen-bond acceptors (Lipinski definition) is 15. The van der Waals surface area contributed by atoms with E-state index in [-0.39, 0.29) is 27.9 Å². The minimum absolute atomic E-state index is 0.0622. The Labute approximate surface area is 814 Å². The van der Waals surface area contributed by atoms with E-state index in [0.29, 0.717) is 70.6 Å². The zero-order valence-electron chi connectivity index (χ0n) is 81.5. The number of aromatic nitrogens is 5. The first-order valence-corrected chi connectivity index (χ1v) is 49.0. The van der Waals surface area contributed by atoms with E-state index in [4.69, 9.17) is 23.7 Å². The van der Waals surface area contributed by atoms with Gasteiger partial charge < -0.3 is 49.0 Å². The molecule has 15 aromatic rings. The minimum atomic E-state index is -0.552.